The summed E-state index contributed by atoms with van der Waals surface area (Å²) in [7, 11) is 0. The van der Waals surface area contributed by atoms with Crippen LogP contribution in [0, 0.1) is 5.92 Å². The average molecular weight is 240 g/mol. The molecule has 0 atom stereocenters. The van der Waals surface area contributed by atoms with Gasteiger partial charge in [0.25, 0.3) is 0 Å². The molecule has 0 radical (unpaired) electrons. The number of carboxylic acids is 1. The van der Waals surface area contributed by atoms with Gasteiger partial charge in [0.05, 0.1) is 6.42 Å². The lowest BCUT2D eigenvalue weighted by Crippen LogP contribution is -2.55. The van der Waals surface area contributed by atoms with Crippen molar-refractivity contribution in [2.24, 2.45) is 5.92 Å². The fourth-order valence-corrected chi connectivity index (χ4v) is 2.35. The number of nitrogens with zero attached hydrogens (tertiary/aromatic N) is 2. The Morgan fingerprint density at radius 3 is 2.47 bits per heavy atom. The van der Waals surface area contributed by atoms with Crippen LogP contribution in [0.2, 0.25) is 0 Å². The lowest BCUT2D eigenvalue weighted by molar-refractivity contribution is -0.139. The van der Waals surface area contributed by atoms with Crippen LogP contribution in [0.4, 0.5) is 4.79 Å². The molecule has 0 bridgehead atoms. The second kappa shape index (κ2) is 4.94. The van der Waals surface area contributed by atoms with E-state index in [9.17, 15) is 9.59 Å². The van der Waals surface area contributed by atoms with Crippen LogP contribution in [0.15, 0.2) is 0 Å². The van der Waals surface area contributed by atoms with Gasteiger partial charge in [-0.25, -0.2) is 4.79 Å². The highest BCUT2D eigenvalue weighted by Gasteiger charge is 2.39. The molecule has 0 aromatic carbocycles. The van der Waals surface area contributed by atoms with Gasteiger partial charge in [0.2, 0.25) is 0 Å². The topological polar surface area (TPSA) is 60.9 Å². The van der Waals surface area contributed by atoms with Crippen LogP contribution in [0.5, 0.6) is 0 Å². The molecule has 1 saturated heterocycles. The molecule has 1 saturated carbocycles. The van der Waals surface area contributed by atoms with E-state index in [1.807, 2.05) is 4.90 Å². The van der Waals surface area contributed by atoms with Crippen LogP contribution >= 0.6 is 0 Å². The van der Waals surface area contributed by atoms with E-state index >= 15 is 0 Å². The lowest BCUT2D eigenvalue weighted by Gasteiger charge is -2.41. The number of urea groups is 1. The Hall–Kier alpha value is -1.26. The van der Waals surface area contributed by atoms with E-state index in [2.05, 4.69) is 6.92 Å². The summed E-state index contributed by atoms with van der Waals surface area (Å²) in [5, 5.41) is 8.65. The van der Waals surface area contributed by atoms with Crippen LogP contribution in [0.1, 0.15) is 32.6 Å². The third-order valence-electron chi connectivity index (χ3n) is 3.39. The maximum Gasteiger partial charge on any atom is 0.320 e. The molecule has 1 N–H and O–H groups in total. The predicted molar refractivity (Wildman–Crippen MR) is 62.7 cm³/mol. The third kappa shape index (κ3) is 2.90. The van der Waals surface area contributed by atoms with Crippen LogP contribution in [-0.2, 0) is 4.79 Å². The molecule has 5 nitrogen and oxygen atoms in total. The number of likely N-dealkylation sites (tertiary alicyclic amines) is 1. The smallest absolute Gasteiger partial charge is 0.320 e. The lowest BCUT2D eigenvalue weighted by atomic mass is 9.97. The van der Waals surface area contributed by atoms with E-state index in [0.29, 0.717) is 19.1 Å². The highest BCUT2D eigenvalue weighted by atomic mass is 16.4. The number of rotatable bonds is 5. The zero-order valence-corrected chi connectivity index (χ0v) is 10.3. The van der Waals surface area contributed by atoms with Crippen molar-refractivity contribution in [3.63, 3.8) is 0 Å². The summed E-state index contributed by atoms with van der Waals surface area (Å²) in [5.41, 5.74) is 0. The normalized spacial score (nSPS) is 19.9. The molecular formula is C12H20N2O3. The summed E-state index contributed by atoms with van der Waals surface area (Å²) < 4.78 is 0. The second-order valence-corrected chi connectivity index (χ2v) is 5.08. The fourth-order valence-electron chi connectivity index (χ4n) is 2.35. The summed E-state index contributed by atoms with van der Waals surface area (Å²) in [6.45, 7) is 4.12. The molecule has 0 aromatic heterocycles. The monoisotopic (exact) mass is 240 g/mol. The minimum Gasteiger partial charge on any atom is -0.481 e. The molecule has 17 heavy (non-hydrogen) atoms. The van der Waals surface area contributed by atoms with E-state index in [1.54, 1.807) is 4.90 Å². The van der Waals surface area contributed by atoms with Crippen LogP contribution in [-0.4, -0.2) is 52.6 Å². The molecule has 0 unspecified atom stereocenters. The number of amides is 2. The van der Waals surface area contributed by atoms with Gasteiger partial charge in [-0.1, -0.05) is 6.92 Å². The van der Waals surface area contributed by atoms with E-state index in [0.717, 1.165) is 25.8 Å². The van der Waals surface area contributed by atoms with Crippen molar-refractivity contribution < 1.29 is 14.7 Å². The van der Waals surface area contributed by atoms with Gasteiger partial charge in [0.1, 0.15) is 0 Å². The number of carbonyl (C=O) groups excluding carboxylic acids is 1. The molecule has 1 aliphatic carbocycles. The van der Waals surface area contributed by atoms with Gasteiger partial charge >= 0.3 is 12.0 Å². The fraction of sp³-hybridized carbons (Fsp3) is 0.833. The first-order chi connectivity index (χ1) is 8.11. The molecule has 0 spiro atoms. The Kier molecular flexibility index (Phi) is 3.54. The predicted octanol–water partition coefficient (Wildman–Crippen LogP) is 1.39. The van der Waals surface area contributed by atoms with Crippen molar-refractivity contribution in [2.75, 3.05) is 19.6 Å². The Bertz CT molecular complexity index is 309. The number of carbonyl (C=O) groups is 2. The van der Waals surface area contributed by atoms with Crippen molar-refractivity contribution in [1.82, 2.24) is 9.80 Å². The molecule has 96 valence electrons. The van der Waals surface area contributed by atoms with Gasteiger partial charge in [-0.2, -0.15) is 0 Å². The van der Waals surface area contributed by atoms with Gasteiger partial charge in [-0.3, -0.25) is 4.79 Å². The van der Waals surface area contributed by atoms with Crippen molar-refractivity contribution in [3.05, 3.63) is 0 Å². The summed E-state index contributed by atoms with van der Waals surface area (Å²) in [6.07, 6.45) is 3.41. The minimum atomic E-state index is -0.769. The zero-order chi connectivity index (χ0) is 12.4. The summed E-state index contributed by atoms with van der Waals surface area (Å²) in [6, 6.07) is 0.553. The van der Waals surface area contributed by atoms with Gasteiger partial charge < -0.3 is 14.9 Å². The molecule has 2 rings (SSSR count). The van der Waals surface area contributed by atoms with E-state index in [-0.39, 0.29) is 18.4 Å². The van der Waals surface area contributed by atoms with Crippen molar-refractivity contribution in [2.45, 2.75) is 38.6 Å². The highest BCUT2D eigenvalue weighted by Crippen LogP contribution is 2.30. The van der Waals surface area contributed by atoms with E-state index in [1.165, 1.54) is 0 Å². The summed E-state index contributed by atoms with van der Waals surface area (Å²) in [4.78, 5) is 26.4. The Morgan fingerprint density at radius 2 is 2.00 bits per heavy atom. The Balaban J connectivity index is 1.78. The number of carboxylic acid groups (broad SMARTS) is 1. The summed E-state index contributed by atoms with van der Waals surface area (Å²) in [5.74, 6) is -0.617. The molecule has 1 aliphatic heterocycles. The first kappa shape index (κ1) is 12.2. The molecule has 0 aromatic rings. The molecule has 2 fully saturated rings. The van der Waals surface area contributed by atoms with E-state index < -0.39 is 5.97 Å². The molecule has 1 heterocycles. The highest BCUT2D eigenvalue weighted by molar-refractivity contribution is 5.76. The maximum absolute atomic E-state index is 12.1. The quantitative estimate of drug-likeness (QED) is 0.790. The van der Waals surface area contributed by atoms with Gasteiger partial charge in [0.15, 0.2) is 0 Å². The van der Waals surface area contributed by atoms with Crippen LogP contribution < -0.4 is 0 Å². The number of aliphatic carboxylic acids is 1. The maximum atomic E-state index is 12.1. The minimum absolute atomic E-state index is 0.107. The largest absolute Gasteiger partial charge is 0.481 e. The van der Waals surface area contributed by atoms with E-state index in [4.69, 9.17) is 5.11 Å². The first-order valence-electron chi connectivity index (χ1n) is 6.39. The van der Waals surface area contributed by atoms with Crippen LogP contribution in [0.25, 0.3) is 0 Å². The Labute approximate surface area is 101 Å². The van der Waals surface area contributed by atoms with Crippen molar-refractivity contribution in [1.29, 1.82) is 0 Å². The first-order valence-corrected chi connectivity index (χ1v) is 6.39. The summed E-state index contributed by atoms with van der Waals surface area (Å²) >= 11 is 0. The third-order valence-corrected chi connectivity index (χ3v) is 3.39. The SMILES string of the molecule is CCCN(C(=O)N1CC(CC(=O)O)C1)C1CC1. The molecular weight excluding hydrogens is 220 g/mol. The Morgan fingerprint density at radius 1 is 1.35 bits per heavy atom. The zero-order valence-electron chi connectivity index (χ0n) is 10.3. The van der Waals surface area contributed by atoms with Crippen LogP contribution in [0.3, 0.4) is 0 Å². The van der Waals surface area contributed by atoms with Gasteiger partial charge in [-0.05, 0) is 19.3 Å². The van der Waals surface area contributed by atoms with Crippen molar-refractivity contribution in [3.8, 4) is 0 Å². The number of hydrogen-bond donors (Lipinski definition) is 1. The number of hydrogen-bond acceptors (Lipinski definition) is 2. The molecule has 2 amide bonds. The average Bonchev–Trinajstić information content (AvgIpc) is 3.01. The standard InChI is InChI=1S/C12H20N2O3/c1-2-5-14(10-3-4-10)12(17)13-7-9(8-13)6-11(15)16/h9-10H,2-8H2,1H3,(H,15,16). The molecule has 5 heteroatoms. The van der Waals surface area contributed by atoms with Crippen molar-refractivity contribution >= 4 is 12.0 Å². The van der Waals surface area contributed by atoms with Gasteiger partial charge in [-0.15, -0.1) is 0 Å². The molecule has 2 aliphatic rings. The second-order valence-electron chi connectivity index (χ2n) is 5.08. The van der Waals surface area contributed by atoms with Gasteiger partial charge in [0, 0.05) is 31.6 Å².